The Labute approximate surface area is 199 Å². The first-order valence-electron chi connectivity index (χ1n) is 11.1. The number of rotatable bonds is 6. The van der Waals surface area contributed by atoms with Crippen molar-refractivity contribution in [2.45, 2.75) is 34.2 Å². The van der Waals surface area contributed by atoms with E-state index in [1.165, 1.54) is 11.8 Å². The molecular formula is C28H27N3O3. The highest BCUT2D eigenvalue weighted by atomic mass is 16.2. The number of hydrogen-bond donors (Lipinski definition) is 2. The van der Waals surface area contributed by atoms with Gasteiger partial charge in [-0.2, -0.15) is 0 Å². The van der Waals surface area contributed by atoms with Crippen LogP contribution in [0.1, 0.15) is 34.7 Å². The second-order valence-electron chi connectivity index (χ2n) is 8.63. The van der Waals surface area contributed by atoms with Crippen LogP contribution in [0.2, 0.25) is 0 Å². The van der Waals surface area contributed by atoms with Crippen LogP contribution in [0.5, 0.6) is 0 Å². The van der Waals surface area contributed by atoms with Crippen LogP contribution in [-0.4, -0.2) is 22.6 Å². The van der Waals surface area contributed by atoms with E-state index >= 15 is 0 Å². The average molecular weight is 454 g/mol. The van der Waals surface area contributed by atoms with Crippen LogP contribution in [0.25, 0.3) is 5.57 Å². The minimum atomic E-state index is -0.369. The summed E-state index contributed by atoms with van der Waals surface area (Å²) in [4.78, 5) is 39.7. The molecule has 4 rings (SSSR count). The van der Waals surface area contributed by atoms with Crippen molar-refractivity contribution in [2.75, 3.05) is 10.6 Å². The van der Waals surface area contributed by atoms with E-state index in [9.17, 15) is 14.4 Å². The molecule has 0 saturated heterocycles. The van der Waals surface area contributed by atoms with E-state index in [2.05, 4.69) is 10.6 Å². The van der Waals surface area contributed by atoms with Crippen molar-refractivity contribution in [2.24, 2.45) is 0 Å². The van der Waals surface area contributed by atoms with E-state index < -0.39 is 0 Å². The van der Waals surface area contributed by atoms with Gasteiger partial charge in [0.15, 0.2) is 0 Å². The number of nitrogens with one attached hydrogen (secondary N) is 2. The first kappa shape index (κ1) is 23.0. The Morgan fingerprint density at radius 2 is 1.47 bits per heavy atom. The maximum atomic E-state index is 13.5. The Kier molecular flexibility index (Phi) is 6.32. The minimum Gasteiger partial charge on any atom is -0.350 e. The Morgan fingerprint density at radius 3 is 2.09 bits per heavy atom. The molecule has 1 aliphatic rings. The van der Waals surface area contributed by atoms with Gasteiger partial charge in [-0.1, -0.05) is 59.7 Å². The molecule has 172 valence electrons. The van der Waals surface area contributed by atoms with Gasteiger partial charge >= 0.3 is 0 Å². The molecule has 1 aliphatic heterocycles. The van der Waals surface area contributed by atoms with Crippen molar-refractivity contribution in [1.29, 1.82) is 0 Å². The summed E-state index contributed by atoms with van der Waals surface area (Å²) in [6.45, 7) is 7.58. The molecule has 0 aliphatic carbocycles. The molecule has 6 heteroatoms. The molecule has 3 amide bonds. The highest BCUT2D eigenvalue weighted by Gasteiger charge is 2.39. The van der Waals surface area contributed by atoms with E-state index in [0.29, 0.717) is 16.8 Å². The second-order valence-corrected chi connectivity index (χ2v) is 8.63. The summed E-state index contributed by atoms with van der Waals surface area (Å²) in [7, 11) is 0. The van der Waals surface area contributed by atoms with Gasteiger partial charge in [0.25, 0.3) is 11.8 Å². The van der Waals surface area contributed by atoms with Crippen molar-refractivity contribution in [1.82, 2.24) is 4.90 Å². The first-order valence-corrected chi connectivity index (χ1v) is 11.1. The van der Waals surface area contributed by atoms with E-state index in [-0.39, 0.29) is 30.0 Å². The van der Waals surface area contributed by atoms with Crippen LogP contribution in [0, 0.1) is 20.8 Å². The number of imide groups is 1. The Hall–Kier alpha value is -4.19. The van der Waals surface area contributed by atoms with Crippen molar-refractivity contribution < 1.29 is 14.4 Å². The van der Waals surface area contributed by atoms with Gasteiger partial charge < -0.3 is 10.6 Å². The molecule has 3 aromatic rings. The topological polar surface area (TPSA) is 78.5 Å². The number of anilines is 2. The molecule has 0 fully saturated rings. The number of nitrogens with zero attached hydrogens (tertiary/aromatic N) is 1. The molecule has 0 radical (unpaired) electrons. The third-order valence-corrected chi connectivity index (χ3v) is 5.76. The quantitative estimate of drug-likeness (QED) is 0.517. The van der Waals surface area contributed by atoms with E-state index in [1.54, 1.807) is 24.3 Å². The number of carbonyl (C=O) groups is 3. The summed E-state index contributed by atoms with van der Waals surface area (Å²) in [5.74, 6) is -0.905. The summed E-state index contributed by atoms with van der Waals surface area (Å²) in [6.07, 6.45) is 0. The van der Waals surface area contributed by atoms with Gasteiger partial charge in [0, 0.05) is 18.3 Å². The fraction of sp³-hybridized carbons (Fsp3) is 0.179. The molecule has 1 heterocycles. The lowest BCUT2D eigenvalue weighted by Crippen LogP contribution is -2.32. The molecule has 2 N–H and O–H groups in total. The molecule has 34 heavy (non-hydrogen) atoms. The number of carbonyl (C=O) groups excluding carboxylic acids is 3. The summed E-state index contributed by atoms with van der Waals surface area (Å²) < 4.78 is 0. The fourth-order valence-electron chi connectivity index (χ4n) is 3.99. The molecule has 6 nitrogen and oxygen atoms in total. The lowest BCUT2D eigenvalue weighted by Gasteiger charge is -2.16. The van der Waals surface area contributed by atoms with Gasteiger partial charge in [0.05, 0.1) is 12.1 Å². The largest absolute Gasteiger partial charge is 0.350 e. The van der Waals surface area contributed by atoms with Gasteiger partial charge in [0.2, 0.25) is 5.91 Å². The van der Waals surface area contributed by atoms with Crippen LogP contribution >= 0.6 is 0 Å². The maximum absolute atomic E-state index is 13.5. The van der Waals surface area contributed by atoms with Gasteiger partial charge in [0.1, 0.15) is 5.70 Å². The summed E-state index contributed by atoms with van der Waals surface area (Å²) in [6, 6.07) is 20.6. The zero-order valence-electron chi connectivity index (χ0n) is 19.7. The van der Waals surface area contributed by atoms with Crippen LogP contribution < -0.4 is 10.6 Å². The standard InChI is InChI=1S/C28H27N3O3/c1-17-5-8-21(9-6-17)16-31-27(33)25(22-10-12-23(13-11-22)29-20(4)32)26(28(31)34)30-24-14-7-18(2)15-19(24)3/h5-15,30H,16H2,1-4H3,(H,29,32). The third kappa shape index (κ3) is 4.76. The van der Waals surface area contributed by atoms with Crippen molar-refractivity contribution in [3.05, 3.63) is 100 Å². The van der Waals surface area contributed by atoms with Crippen molar-refractivity contribution in [3.63, 3.8) is 0 Å². The molecular weight excluding hydrogens is 426 g/mol. The van der Waals surface area contributed by atoms with E-state index in [0.717, 1.165) is 27.9 Å². The van der Waals surface area contributed by atoms with Gasteiger partial charge in [-0.3, -0.25) is 19.3 Å². The zero-order valence-corrected chi connectivity index (χ0v) is 19.7. The SMILES string of the molecule is CC(=O)Nc1ccc(C2=C(Nc3ccc(C)cc3C)C(=O)N(Cc3ccc(C)cc3)C2=O)cc1. The van der Waals surface area contributed by atoms with Crippen LogP contribution in [0.4, 0.5) is 11.4 Å². The number of aryl methyl sites for hydroxylation is 3. The Balaban J connectivity index is 1.73. The van der Waals surface area contributed by atoms with Crippen molar-refractivity contribution >= 4 is 34.7 Å². The average Bonchev–Trinajstić information content (AvgIpc) is 3.01. The van der Waals surface area contributed by atoms with E-state index in [4.69, 9.17) is 0 Å². The first-order chi connectivity index (χ1) is 16.2. The molecule has 0 aromatic heterocycles. The van der Waals surface area contributed by atoms with Crippen molar-refractivity contribution in [3.8, 4) is 0 Å². The predicted molar refractivity (Wildman–Crippen MR) is 134 cm³/mol. The Morgan fingerprint density at radius 1 is 0.824 bits per heavy atom. The highest BCUT2D eigenvalue weighted by Crippen LogP contribution is 2.33. The fourth-order valence-corrected chi connectivity index (χ4v) is 3.99. The van der Waals surface area contributed by atoms with Gasteiger partial charge in [-0.15, -0.1) is 0 Å². The summed E-state index contributed by atoms with van der Waals surface area (Å²) in [5, 5.41) is 5.95. The Bertz CT molecular complexity index is 1310. The molecule has 0 unspecified atom stereocenters. The normalized spacial score (nSPS) is 13.5. The van der Waals surface area contributed by atoms with Crippen LogP contribution in [-0.2, 0) is 20.9 Å². The molecule has 0 saturated carbocycles. The number of benzene rings is 3. The third-order valence-electron chi connectivity index (χ3n) is 5.76. The van der Waals surface area contributed by atoms with E-state index in [1.807, 2.05) is 63.2 Å². The highest BCUT2D eigenvalue weighted by molar-refractivity contribution is 6.36. The number of amides is 3. The van der Waals surface area contributed by atoms with Gasteiger partial charge in [-0.05, 0) is 55.7 Å². The number of hydrogen-bond acceptors (Lipinski definition) is 4. The zero-order chi connectivity index (χ0) is 24.4. The summed E-state index contributed by atoms with van der Waals surface area (Å²) in [5.41, 5.74) is 6.62. The van der Waals surface area contributed by atoms with Gasteiger partial charge in [-0.25, -0.2) is 0 Å². The summed E-state index contributed by atoms with van der Waals surface area (Å²) >= 11 is 0. The lowest BCUT2D eigenvalue weighted by molar-refractivity contribution is -0.137. The van der Waals surface area contributed by atoms with Crippen LogP contribution in [0.15, 0.2) is 72.4 Å². The predicted octanol–water partition coefficient (Wildman–Crippen LogP) is 4.96. The lowest BCUT2D eigenvalue weighted by atomic mass is 10.0. The minimum absolute atomic E-state index is 0.180. The smallest absolute Gasteiger partial charge is 0.278 e. The molecule has 0 spiro atoms. The maximum Gasteiger partial charge on any atom is 0.278 e. The second kappa shape index (κ2) is 9.35. The molecule has 0 bridgehead atoms. The van der Waals surface area contributed by atoms with Crippen LogP contribution in [0.3, 0.4) is 0 Å². The monoisotopic (exact) mass is 453 g/mol. The molecule has 0 atom stereocenters. The molecule has 3 aromatic carbocycles.